The Morgan fingerprint density at radius 1 is 1.24 bits per heavy atom. The highest BCUT2D eigenvalue weighted by atomic mass is 16.2. The maximum absolute atomic E-state index is 12.8. The van der Waals surface area contributed by atoms with Gasteiger partial charge >= 0.3 is 0 Å². The average Bonchev–Trinajstić information content (AvgIpc) is 3.57. The molecule has 2 aromatic heterocycles. The predicted molar refractivity (Wildman–Crippen MR) is 132 cm³/mol. The van der Waals surface area contributed by atoms with Crippen LogP contribution in [0.15, 0.2) is 18.5 Å². The van der Waals surface area contributed by atoms with Crippen LogP contribution < -0.4 is 10.6 Å². The second-order valence-electron chi connectivity index (χ2n) is 10.6. The van der Waals surface area contributed by atoms with Gasteiger partial charge in [0, 0.05) is 42.4 Å². The van der Waals surface area contributed by atoms with Crippen molar-refractivity contribution in [3.8, 4) is 11.3 Å². The molecule has 2 fully saturated rings. The molecule has 0 bridgehead atoms. The molecule has 184 valence electrons. The molecule has 0 saturated heterocycles. The van der Waals surface area contributed by atoms with E-state index in [0.29, 0.717) is 12.4 Å². The Bertz CT molecular complexity index is 1020. The molecule has 2 heterocycles. The number of rotatable bonds is 9. The Hall–Kier alpha value is -2.77. The molecule has 0 radical (unpaired) electrons. The lowest BCUT2D eigenvalue weighted by molar-refractivity contribution is -0.138. The first-order valence-corrected chi connectivity index (χ1v) is 12.7. The monoisotopic (exact) mass is 466 g/mol. The van der Waals surface area contributed by atoms with E-state index in [-0.39, 0.29) is 23.8 Å². The Morgan fingerprint density at radius 2 is 1.97 bits per heavy atom. The number of anilines is 1. The summed E-state index contributed by atoms with van der Waals surface area (Å²) in [7, 11) is 1.99. The van der Waals surface area contributed by atoms with E-state index in [0.717, 1.165) is 55.7 Å². The van der Waals surface area contributed by atoms with Crippen LogP contribution in [-0.2, 0) is 23.1 Å². The summed E-state index contributed by atoms with van der Waals surface area (Å²) in [6.07, 6.45) is 11.8. The zero-order valence-electron chi connectivity index (χ0n) is 20.9. The maximum atomic E-state index is 12.8. The van der Waals surface area contributed by atoms with Crippen molar-refractivity contribution in [2.45, 2.75) is 84.6 Å². The van der Waals surface area contributed by atoms with Gasteiger partial charge in [0.2, 0.25) is 17.8 Å². The number of carbonyl (C=O) groups is 2. The molecule has 0 unspecified atom stereocenters. The van der Waals surface area contributed by atoms with Gasteiger partial charge in [-0.3, -0.25) is 19.6 Å². The van der Waals surface area contributed by atoms with E-state index in [2.05, 4.69) is 27.6 Å². The summed E-state index contributed by atoms with van der Waals surface area (Å²) in [5.41, 5.74) is 2.68. The van der Waals surface area contributed by atoms with Crippen molar-refractivity contribution < 1.29 is 9.59 Å². The number of aryl methyl sites for hydroxylation is 1. The number of hydrogen-bond donors (Lipinski definition) is 2. The van der Waals surface area contributed by atoms with E-state index < -0.39 is 5.41 Å². The first kappa shape index (κ1) is 24.4. The fraction of sp³-hybridized carbons (Fsp3) is 0.654. The third-order valence-corrected chi connectivity index (χ3v) is 7.63. The van der Waals surface area contributed by atoms with Gasteiger partial charge in [-0.25, -0.2) is 9.97 Å². The zero-order chi connectivity index (χ0) is 24.3. The molecule has 34 heavy (non-hydrogen) atoms. The number of hydrogen-bond acceptors (Lipinski definition) is 6. The van der Waals surface area contributed by atoms with Crippen LogP contribution in [0.25, 0.3) is 11.3 Å². The van der Waals surface area contributed by atoms with Gasteiger partial charge in [0.1, 0.15) is 0 Å². The number of aromatic nitrogens is 4. The lowest BCUT2D eigenvalue weighted by Gasteiger charge is -2.36. The topological polar surface area (TPSA) is 102 Å². The minimum atomic E-state index is -0.514. The van der Waals surface area contributed by atoms with Gasteiger partial charge in [-0.15, -0.1) is 0 Å². The van der Waals surface area contributed by atoms with Gasteiger partial charge in [-0.2, -0.15) is 5.10 Å². The molecule has 2 amide bonds. The highest BCUT2D eigenvalue weighted by molar-refractivity contribution is 5.98. The fourth-order valence-corrected chi connectivity index (χ4v) is 4.69. The summed E-state index contributed by atoms with van der Waals surface area (Å²) in [5, 5.41) is 10.6. The van der Waals surface area contributed by atoms with E-state index in [9.17, 15) is 9.59 Å². The predicted octanol–water partition coefficient (Wildman–Crippen LogP) is 4.27. The van der Waals surface area contributed by atoms with Crippen molar-refractivity contribution >= 4 is 17.8 Å². The molecule has 8 nitrogen and oxygen atoms in total. The largest absolute Gasteiger partial charge is 0.351 e. The number of nitrogens with one attached hydrogen (secondary N) is 2. The standard InChI is InChI=1S/C26H38N6O2/c1-5-17(2)14-23(33)31-24(34)26(3)11-8-19(9-12-26)29-25-27-13-10-21(30-25)20-16-28-32(4)22(20)15-18-6-7-18/h10,13,16-19H,5-9,11-12,14-15H2,1-4H3,(H,27,29,30)(H,31,33,34)/t17-,19?,26?/m0/s1. The summed E-state index contributed by atoms with van der Waals surface area (Å²) in [6.45, 7) is 6.05. The normalized spacial score (nSPS) is 23.4. The van der Waals surface area contributed by atoms with Gasteiger partial charge in [0.25, 0.3) is 0 Å². The van der Waals surface area contributed by atoms with E-state index in [4.69, 9.17) is 4.98 Å². The van der Waals surface area contributed by atoms with Crippen molar-refractivity contribution in [1.29, 1.82) is 0 Å². The van der Waals surface area contributed by atoms with E-state index in [1.54, 1.807) is 6.20 Å². The summed E-state index contributed by atoms with van der Waals surface area (Å²) in [5.74, 6) is 1.36. The molecule has 4 rings (SSSR count). The number of amides is 2. The lowest BCUT2D eigenvalue weighted by Crippen LogP contribution is -2.45. The smallest absolute Gasteiger partial charge is 0.232 e. The van der Waals surface area contributed by atoms with Crippen molar-refractivity contribution in [2.75, 3.05) is 5.32 Å². The summed E-state index contributed by atoms with van der Waals surface area (Å²) >= 11 is 0. The van der Waals surface area contributed by atoms with Crippen LogP contribution >= 0.6 is 0 Å². The lowest BCUT2D eigenvalue weighted by atomic mass is 9.73. The van der Waals surface area contributed by atoms with E-state index in [1.807, 2.05) is 37.8 Å². The minimum absolute atomic E-state index is 0.141. The van der Waals surface area contributed by atoms with Crippen LogP contribution in [0.2, 0.25) is 0 Å². The molecule has 0 aliphatic heterocycles. The summed E-state index contributed by atoms with van der Waals surface area (Å²) in [6, 6.07) is 2.14. The number of imide groups is 1. The highest BCUT2D eigenvalue weighted by Crippen LogP contribution is 2.38. The van der Waals surface area contributed by atoms with E-state index >= 15 is 0 Å². The molecule has 8 heteroatoms. The molecule has 1 atom stereocenters. The van der Waals surface area contributed by atoms with Crippen molar-refractivity contribution in [2.24, 2.45) is 24.3 Å². The minimum Gasteiger partial charge on any atom is -0.351 e. The molecular weight excluding hydrogens is 428 g/mol. The van der Waals surface area contributed by atoms with Crippen molar-refractivity contribution in [3.63, 3.8) is 0 Å². The van der Waals surface area contributed by atoms with Crippen LogP contribution in [0, 0.1) is 17.3 Å². The first-order chi connectivity index (χ1) is 16.3. The quantitative estimate of drug-likeness (QED) is 0.572. The molecular formula is C26H38N6O2. The third kappa shape index (κ3) is 5.83. The molecule has 2 aliphatic rings. The number of nitrogens with zero attached hydrogens (tertiary/aromatic N) is 4. The Labute approximate surface area is 202 Å². The van der Waals surface area contributed by atoms with Gasteiger partial charge < -0.3 is 5.32 Å². The number of carbonyl (C=O) groups excluding carboxylic acids is 2. The Balaban J connectivity index is 1.34. The molecule has 0 spiro atoms. The summed E-state index contributed by atoms with van der Waals surface area (Å²) < 4.78 is 1.96. The maximum Gasteiger partial charge on any atom is 0.232 e. The average molecular weight is 467 g/mol. The van der Waals surface area contributed by atoms with Gasteiger partial charge in [-0.1, -0.05) is 27.2 Å². The van der Waals surface area contributed by atoms with E-state index in [1.165, 1.54) is 18.5 Å². The molecule has 0 aromatic carbocycles. The Kier molecular flexibility index (Phi) is 7.33. The Morgan fingerprint density at radius 3 is 2.65 bits per heavy atom. The fourth-order valence-electron chi connectivity index (χ4n) is 4.69. The second-order valence-corrected chi connectivity index (χ2v) is 10.6. The van der Waals surface area contributed by atoms with Gasteiger partial charge in [0.15, 0.2) is 0 Å². The molecule has 2 aliphatic carbocycles. The molecule has 2 N–H and O–H groups in total. The zero-order valence-corrected chi connectivity index (χ0v) is 20.9. The molecule has 2 saturated carbocycles. The first-order valence-electron chi connectivity index (χ1n) is 12.7. The van der Waals surface area contributed by atoms with Crippen LogP contribution in [-0.4, -0.2) is 37.6 Å². The van der Waals surface area contributed by atoms with Crippen molar-refractivity contribution in [3.05, 3.63) is 24.2 Å². The summed E-state index contributed by atoms with van der Waals surface area (Å²) in [4.78, 5) is 34.2. The van der Waals surface area contributed by atoms with Crippen LogP contribution in [0.4, 0.5) is 5.95 Å². The van der Waals surface area contributed by atoms with Crippen LogP contribution in [0.1, 0.15) is 77.8 Å². The second kappa shape index (κ2) is 10.2. The van der Waals surface area contributed by atoms with Crippen LogP contribution in [0.5, 0.6) is 0 Å². The van der Waals surface area contributed by atoms with Gasteiger partial charge in [-0.05, 0) is 62.8 Å². The van der Waals surface area contributed by atoms with Crippen LogP contribution in [0.3, 0.4) is 0 Å². The SMILES string of the molecule is CC[C@H](C)CC(=O)NC(=O)C1(C)CCC(Nc2nccc(-c3cnn(C)c3CC3CC3)n2)CC1. The third-order valence-electron chi connectivity index (χ3n) is 7.63. The van der Waals surface area contributed by atoms with Gasteiger partial charge in [0.05, 0.1) is 11.9 Å². The highest BCUT2D eigenvalue weighted by Gasteiger charge is 2.38. The molecule has 2 aromatic rings. The van der Waals surface area contributed by atoms with Crippen molar-refractivity contribution in [1.82, 2.24) is 25.1 Å².